The number of hydrogen-bond acceptors (Lipinski definition) is 5. The second-order valence-electron chi connectivity index (χ2n) is 6.17. The summed E-state index contributed by atoms with van der Waals surface area (Å²) in [7, 11) is 2.25. The molecule has 1 aliphatic rings. The zero-order valence-electron chi connectivity index (χ0n) is 13.9. The molecule has 1 aromatic carbocycles. The van der Waals surface area contributed by atoms with E-state index in [2.05, 4.69) is 0 Å². The van der Waals surface area contributed by atoms with E-state index in [9.17, 15) is 4.39 Å². The van der Waals surface area contributed by atoms with Gasteiger partial charge < -0.3 is 23.5 Å². The molecule has 0 unspecified atom stereocenters. The Bertz CT molecular complexity index is 531. The molecule has 1 heterocycles. The average Bonchev–Trinajstić information content (AvgIpc) is 2.65. The third kappa shape index (κ3) is 3.07. The Balaban J connectivity index is 2.32. The topological polar surface area (TPSA) is 46.2 Å². The molecule has 0 atom stereocenters. The molecule has 122 valence electrons. The summed E-state index contributed by atoms with van der Waals surface area (Å²) in [6.07, 6.45) is 0. The molecule has 0 N–H and O–H groups in total. The number of methoxy groups -OCH3 is 2. The number of ether oxygens (including phenoxy) is 3. The summed E-state index contributed by atoms with van der Waals surface area (Å²) >= 11 is 0. The van der Waals surface area contributed by atoms with Crippen LogP contribution in [0.1, 0.15) is 27.7 Å². The molecule has 1 aliphatic heterocycles. The maximum Gasteiger partial charge on any atom is 0.495 e. The van der Waals surface area contributed by atoms with Crippen LogP contribution in [0.2, 0.25) is 0 Å². The summed E-state index contributed by atoms with van der Waals surface area (Å²) in [5.74, 6) is -0.285. The molecular formula is C15H22BFO5. The number of hydrogen-bond donors (Lipinski definition) is 0. The lowest BCUT2D eigenvalue weighted by molar-refractivity contribution is 0.00578. The summed E-state index contributed by atoms with van der Waals surface area (Å²) < 4.78 is 41.3. The smallest absolute Gasteiger partial charge is 0.493 e. The Labute approximate surface area is 130 Å². The van der Waals surface area contributed by atoms with Crippen molar-refractivity contribution in [2.24, 2.45) is 0 Å². The summed E-state index contributed by atoms with van der Waals surface area (Å²) in [5, 5.41) is 0. The van der Waals surface area contributed by atoms with E-state index >= 15 is 0 Å². The van der Waals surface area contributed by atoms with Crippen LogP contribution in [0, 0.1) is 5.82 Å². The van der Waals surface area contributed by atoms with Crippen LogP contribution in [0.4, 0.5) is 4.39 Å². The van der Waals surface area contributed by atoms with E-state index in [-0.39, 0.29) is 18.3 Å². The van der Waals surface area contributed by atoms with Gasteiger partial charge in [-0.3, -0.25) is 0 Å². The van der Waals surface area contributed by atoms with Crippen LogP contribution in [0.25, 0.3) is 0 Å². The first-order valence-corrected chi connectivity index (χ1v) is 7.06. The van der Waals surface area contributed by atoms with Gasteiger partial charge in [-0.05, 0) is 45.3 Å². The van der Waals surface area contributed by atoms with Crippen molar-refractivity contribution < 1.29 is 27.9 Å². The van der Waals surface area contributed by atoms with E-state index in [0.29, 0.717) is 5.46 Å². The van der Waals surface area contributed by atoms with Gasteiger partial charge in [0.15, 0.2) is 24.1 Å². The molecule has 2 rings (SSSR count). The molecule has 1 saturated heterocycles. The molecule has 0 aromatic heterocycles. The van der Waals surface area contributed by atoms with Crippen molar-refractivity contribution in [3.8, 4) is 11.5 Å². The van der Waals surface area contributed by atoms with Crippen molar-refractivity contribution in [1.29, 1.82) is 0 Å². The normalized spacial score (nSPS) is 19.3. The molecule has 7 heteroatoms. The van der Waals surface area contributed by atoms with Gasteiger partial charge in [-0.1, -0.05) is 0 Å². The lowest BCUT2D eigenvalue weighted by Crippen LogP contribution is -2.41. The Morgan fingerprint density at radius 1 is 1.09 bits per heavy atom. The highest BCUT2D eigenvalue weighted by atomic mass is 19.1. The van der Waals surface area contributed by atoms with Crippen LogP contribution in [-0.2, 0) is 14.0 Å². The highest BCUT2D eigenvalue weighted by Crippen LogP contribution is 2.37. The Morgan fingerprint density at radius 2 is 1.68 bits per heavy atom. The van der Waals surface area contributed by atoms with Gasteiger partial charge in [-0.25, -0.2) is 4.39 Å². The molecule has 0 saturated carbocycles. The van der Waals surface area contributed by atoms with Crippen molar-refractivity contribution in [2.75, 3.05) is 21.0 Å². The zero-order chi connectivity index (χ0) is 16.5. The third-order valence-electron chi connectivity index (χ3n) is 4.10. The first-order valence-electron chi connectivity index (χ1n) is 7.06. The van der Waals surface area contributed by atoms with E-state index in [1.807, 2.05) is 27.7 Å². The maximum absolute atomic E-state index is 14.3. The van der Waals surface area contributed by atoms with Crippen LogP contribution in [0.15, 0.2) is 12.1 Å². The molecule has 0 radical (unpaired) electrons. The highest BCUT2D eigenvalue weighted by Gasteiger charge is 2.52. The third-order valence-corrected chi connectivity index (χ3v) is 4.10. The fraction of sp³-hybridized carbons (Fsp3) is 0.600. The molecule has 1 aromatic rings. The first kappa shape index (κ1) is 17.1. The van der Waals surface area contributed by atoms with Crippen LogP contribution in [0.5, 0.6) is 11.5 Å². The summed E-state index contributed by atoms with van der Waals surface area (Å²) in [6, 6.07) is 2.98. The van der Waals surface area contributed by atoms with Gasteiger partial charge in [-0.2, -0.15) is 0 Å². The Hall–Kier alpha value is -1.31. The molecule has 5 nitrogen and oxygen atoms in total. The lowest BCUT2D eigenvalue weighted by Gasteiger charge is -2.32. The fourth-order valence-electron chi connectivity index (χ4n) is 2.11. The minimum absolute atomic E-state index is 0.00428. The van der Waals surface area contributed by atoms with E-state index in [1.165, 1.54) is 20.3 Å². The fourth-order valence-corrected chi connectivity index (χ4v) is 2.11. The standard InChI is InChI=1S/C15H22BFO5/c1-14(2)15(3,4)22-16(21-14)10-7-11(17)13(20-9-18-5)12(8-10)19-6/h7-8H,9H2,1-6H3. The SMILES string of the molecule is COCOc1c(F)cc(B2OC(C)(C)C(C)(C)O2)cc1OC. The maximum atomic E-state index is 14.3. The molecule has 22 heavy (non-hydrogen) atoms. The summed E-state index contributed by atoms with van der Waals surface area (Å²) in [4.78, 5) is 0. The predicted octanol–water partition coefficient (Wildman–Crippen LogP) is 2.12. The minimum Gasteiger partial charge on any atom is -0.493 e. The quantitative estimate of drug-likeness (QED) is 0.615. The van der Waals surface area contributed by atoms with Crippen LogP contribution in [0.3, 0.4) is 0 Å². The molecule has 0 bridgehead atoms. The molecule has 0 spiro atoms. The zero-order valence-corrected chi connectivity index (χ0v) is 13.9. The molecule has 0 amide bonds. The van der Waals surface area contributed by atoms with Crippen molar-refractivity contribution in [3.63, 3.8) is 0 Å². The molecule has 1 fully saturated rings. The van der Waals surface area contributed by atoms with Gasteiger partial charge >= 0.3 is 7.12 Å². The summed E-state index contributed by atoms with van der Waals surface area (Å²) in [6.45, 7) is 7.70. The van der Waals surface area contributed by atoms with Crippen molar-refractivity contribution in [3.05, 3.63) is 17.9 Å². The van der Waals surface area contributed by atoms with Crippen molar-refractivity contribution in [1.82, 2.24) is 0 Å². The second kappa shape index (κ2) is 6.06. The second-order valence-corrected chi connectivity index (χ2v) is 6.17. The van der Waals surface area contributed by atoms with E-state index in [1.54, 1.807) is 6.07 Å². The minimum atomic E-state index is -0.662. The predicted molar refractivity (Wildman–Crippen MR) is 81.2 cm³/mol. The Kier molecular flexibility index (Phi) is 4.70. The first-order chi connectivity index (χ1) is 10.2. The number of benzene rings is 1. The van der Waals surface area contributed by atoms with Gasteiger partial charge in [0.05, 0.1) is 18.3 Å². The molecular weight excluding hydrogens is 290 g/mol. The van der Waals surface area contributed by atoms with Crippen LogP contribution >= 0.6 is 0 Å². The number of rotatable bonds is 5. The van der Waals surface area contributed by atoms with Crippen LogP contribution < -0.4 is 14.9 Å². The van der Waals surface area contributed by atoms with Crippen molar-refractivity contribution >= 4 is 12.6 Å². The largest absolute Gasteiger partial charge is 0.495 e. The van der Waals surface area contributed by atoms with Gasteiger partial charge in [0, 0.05) is 7.11 Å². The van der Waals surface area contributed by atoms with Crippen LogP contribution in [-0.4, -0.2) is 39.3 Å². The van der Waals surface area contributed by atoms with Gasteiger partial charge in [0.2, 0.25) is 0 Å². The summed E-state index contributed by atoms with van der Waals surface area (Å²) in [5.41, 5.74) is -0.447. The average molecular weight is 312 g/mol. The Morgan fingerprint density at radius 3 is 2.18 bits per heavy atom. The lowest BCUT2D eigenvalue weighted by atomic mass is 9.79. The molecule has 0 aliphatic carbocycles. The van der Waals surface area contributed by atoms with E-state index in [0.717, 1.165) is 0 Å². The monoisotopic (exact) mass is 312 g/mol. The van der Waals surface area contributed by atoms with Gasteiger partial charge in [0.1, 0.15) is 0 Å². The van der Waals surface area contributed by atoms with E-state index < -0.39 is 24.1 Å². The van der Waals surface area contributed by atoms with E-state index in [4.69, 9.17) is 23.5 Å². The number of halogens is 1. The van der Waals surface area contributed by atoms with Gasteiger partial charge in [0.25, 0.3) is 0 Å². The highest BCUT2D eigenvalue weighted by molar-refractivity contribution is 6.62. The van der Waals surface area contributed by atoms with Gasteiger partial charge in [-0.15, -0.1) is 0 Å². The van der Waals surface area contributed by atoms with Crippen molar-refractivity contribution in [2.45, 2.75) is 38.9 Å².